The van der Waals surface area contributed by atoms with E-state index in [1.807, 2.05) is 18.2 Å². The number of nitrogens with one attached hydrogen (secondary N) is 3. The highest BCUT2D eigenvalue weighted by Crippen LogP contribution is 2.18. The second-order valence-electron chi connectivity index (χ2n) is 5.99. The Bertz CT molecular complexity index is 730. The predicted molar refractivity (Wildman–Crippen MR) is 95.8 cm³/mol. The van der Waals surface area contributed by atoms with Crippen LogP contribution < -0.4 is 16.0 Å². The van der Waals surface area contributed by atoms with Gasteiger partial charge < -0.3 is 16.0 Å². The number of carbonyl (C=O) groups excluding carboxylic acids is 2. The molecular formula is C19H22FN3O2. The SMILES string of the molecule is CC(C)c1cccc(NC(=O)CNC(=O)NCc2ccc(F)cc2)c1. The van der Waals surface area contributed by atoms with Gasteiger partial charge in [0, 0.05) is 12.2 Å². The monoisotopic (exact) mass is 343 g/mol. The summed E-state index contributed by atoms with van der Waals surface area (Å²) in [5, 5.41) is 7.84. The summed E-state index contributed by atoms with van der Waals surface area (Å²) in [6, 6.07) is 13.0. The molecule has 132 valence electrons. The largest absolute Gasteiger partial charge is 0.334 e. The molecule has 0 aliphatic rings. The fraction of sp³-hybridized carbons (Fsp3) is 0.263. The molecule has 0 aliphatic heterocycles. The molecule has 0 spiro atoms. The number of urea groups is 1. The van der Waals surface area contributed by atoms with Gasteiger partial charge >= 0.3 is 6.03 Å². The average molecular weight is 343 g/mol. The van der Waals surface area contributed by atoms with Crippen molar-refractivity contribution in [2.75, 3.05) is 11.9 Å². The highest BCUT2D eigenvalue weighted by molar-refractivity contribution is 5.94. The smallest absolute Gasteiger partial charge is 0.315 e. The van der Waals surface area contributed by atoms with Crippen LogP contribution in [0.4, 0.5) is 14.9 Å². The predicted octanol–water partition coefficient (Wildman–Crippen LogP) is 3.39. The number of hydrogen-bond acceptors (Lipinski definition) is 2. The zero-order chi connectivity index (χ0) is 18.2. The molecule has 5 nitrogen and oxygen atoms in total. The molecule has 3 amide bonds. The quantitative estimate of drug-likeness (QED) is 0.752. The molecule has 25 heavy (non-hydrogen) atoms. The molecule has 0 heterocycles. The van der Waals surface area contributed by atoms with Gasteiger partial charge in [-0.25, -0.2) is 9.18 Å². The van der Waals surface area contributed by atoms with Crippen molar-refractivity contribution < 1.29 is 14.0 Å². The van der Waals surface area contributed by atoms with Gasteiger partial charge in [0.2, 0.25) is 5.91 Å². The topological polar surface area (TPSA) is 70.2 Å². The molecule has 0 saturated carbocycles. The molecule has 2 rings (SSSR count). The molecule has 3 N–H and O–H groups in total. The van der Waals surface area contributed by atoms with E-state index < -0.39 is 6.03 Å². The summed E-state index contributed by atoms with van der Waals surface area (Å²) in [6.45, 7) is 4.27. The van der Waals surface area contributed by atoms with E-state index in [9.17, 15) is 14.0 Å². The molecule has 0 bridgehead atoms. The fourth-order valence-corrected chi connectivity index (χ4v) is 2.19. The molecule has 0 unspecified atom stereocenters. The average Bonchev–Trinajstić information content (AvgIpc) is 2.59. The number of benzene rings is 2. The molecule has 2 aromatic carbocycles. The van der Waals surface area contributed by atoms with Crippen molar-refractivity contribution in [1.29, 1.82) is 0 Å². The van der Waals surface area contributed by atoms with Crippen LogP contribution in [0.1, 0.15) is 30.9 Å². The van der Waals surface area contributed by atoms with E-state index in [0.29, 0.717) is 11.6 Å². The Labute approximate surface area is 146 Å². The maximum absolute atomic E-state index is 12.8. The van der Waals surface area contributed by atoms with Crippen molar-refractivity contribution in [1.82, 2.24) is 10.6 Å². The summed E-state index contributed by atoms with van der Waals surface area (Å²) < 4.78 is 12.8. The number of carbonyl (C=O) groups is 2. The Morgan fingerprint density at radius 2 is 1.76 bits per heavy atom. The summed E-state index contributed by atoms with van der Waals surface area (Å²) in [7, 11) is 0. The van der Waals surface area contributed by atoms with Crippen LogP contribution in [0.3, 0.4) is 0 Å². The van der Waals surface area contributed by atoms with Gasteiger partial charge in [0.05, 0.1) is 6.54 Å². The second kappa shape index (κ2) is 8.82. The molecular weight excluding hydrogens is 321 g/mol. The second-order valence-corrected chi connectivity index (χ2v) is 5.99. The van der Waals surface area contributed by atoms with Gasteiger partial charge in [0.1, 0.15) is 5.82 Å². The molecule has 0 radical (unpaired) electrons. The normalized spacial score (nSPS) is 10.4. The van der Waals surface area contributed by atoms with E-state index in [1.54, 1.807) is 18.2 Å². The van der Waals surface area contributed by atoms with E-state index >= 15 is 0 Å². The summed E-state index contributed by atoms with van der Waals surface area (Å²) in [6.07, 6.45) is 0. The lowest BCUT2D eigenvalue weighted by atomic mass is 10.0. The van der Waals surface area contributed by atoms with E-state index in [2.05, 4.69) is 29.8 Å². The van der Waals surface area contributed by atoms with Crippen molar-refractivity contribution in [3.63, 3.8) is 0 Å². The van der Waals surface area contributed by atoms with Gasteiger partial charge in [-0.2, -0.15) is 0 Å². The van der Waals surface area contributed by atoms with Crippen molar-refractivity contribution in [2.24, 2.45) is 0 Å². The van der Waals surface area contributed by atoms with Crippen LogP contribution in [0.25, 0.3) is 0 Å². The maximum atomic E-state index is 12.8. The number of hydrogen-bond donors (Lipinski definition) is 3. The summed E-state index contributed by atoms with van der Waals surface area (Å²) in [5.74, 6) is -0.267. The van der Waals surface area contributed by atoms with Crippen LogP contribution in [0, 0.1) is 5.82 Å². The first-order chi connectivity index (χ1) is 11.9. The highest BCUT2D eigenvalue weighted by atomic mass is 19.1. The number of amides is 3. The minimum Gasteiger partial charge on any atom is -0.334 e. The van der Waals surface area contributed by atoms with E-state index in [-0.39, 0.29) is 24.8 Å². The third kappa shape index (κ3) is 6.25. The molecule has 0 aromatic heterocycles. The summed E-state index contributed by atoms with van der Waals surface area (Å²) in [4.78, 5) is 23.6. The van der Waals surface area contributed by atoms with Crippen LogP contribution in [0.2, 0.25) is 0 Å². The molecule has 0 saturated heterocycles. The fourth-order valence-electron chi connectivity index (χ4n) is 2.19. The summed E-state index contributed by atoms with van der Waals surface area (Å²) in [5.41, 5.74) is 2.60. The van der Waals surface area contributed by atoms with Crippen LogP contribution in [0.15, 0.2) is 48.5 Å². The van der Waals surface area contributed by atoms with Gasteiger partial charge in [-0.3, -0.25) is 4.79 Å². The van der Waals surface area contributed by atoms with E-state index in [0.717, 1.165) is 11.1 Å². The van der Waals surface area contributed by atoms with Gasteiger partial charge in [-0.05, 0) is 41.3 Å². The van der Waals surface area contributed by atoms with Gasteiger partial charge in [0.15, 0.2) is 0 Å². The Kier molecular flexibility index (Phi) is 6.51. The van der Waals surface area contributed by atoms with Crippen LogP contribution in [-0.2, 0) is 11.3 Å². The molecule has 0 aliphatic carbocycles. The first kappa shape index (κ1) is 18.4. The van der Waals surface area contributed by atoms with E-state index in [1.165, 1.54) is 12.1 Å². The molecule has 2 aromatic rings. The minimum absolute atomic E-state index is 0.138. The lowest BCUT2D eigenvalue weighted by molar-refractivity contribution is -0.115. The minimum atomic E-state index is -0.463. The van der Waals surface area contributed by atoms with Crippen LogP contribution >= 0.6 is 0 Å². The van der Waals surface area contributed by atoms with Crippen molar-refractivity contribution in [3.8, 4) is 0 Å². The third-order valence-corrected chi connectivity index (χ3v) is 3.61. The number of rotatable bonds is 6. The lowest BCUT2D eigenvalue weighted by Crippen LogP contribution is -2.39. The Morgan fingerprint density at radius 1 is 1.04 bits per heavy atom. The standard InChI is InChI=1S/C19H22FN3O2/c1-13(2)15-4-3-5-17(10-15)23-18(24)12-22-19(25)21-11-14-6-8-16(20)9-7-14/h3-10,13H,11-12H2,1-2H3,(H,23,24)(H2,21,22,25). The van der Waals surface area contributed by atoms with Gasteiger partial charge in [0.25, 0.3) is 0 Å². The first-order valence-electron chi connectivity index (χ1n) is 8.10. The molecule has 0 fully saturated rings. The third-order valence-electron chi connectivity index (χ3n) is 3.61. The maximum Gasteiger partial charge on any atom is 0.315 e. The van der Waals surface area contributed by atoms with Crippen molar-refractivity contribution >= 4 is 17.6 Å². The van der Waals surface area contributed by atoms with Crippen LogP contribution in [-0.4, -0.2) is 18.5 Å². The zero-order valence-corrected chi connectivity index (χ0v) is 14.3. The van der Waals surface area contributed by atoms with Gasteiger partial charge in [-0.15, -0.1) is 0 Å². The first-order valence-corrected chi connectivity index (χ1v) is 8.10. The number of halogens is 1. The Hall–Kier alpha value is -2.89. The van der Waals surface area contributed by atoms with Crippen molar-refractivity contribution in [2.45, 2.75) is 26.3 Å². The molecule has 6 heteroatoms. The lowest BCUT2D eigenvalue weighted by Gasteiger charge is -2.10. The summed E-state index contributed by atoms with van der Waals surface area (Å²) >= 11 is 0. The Morgan fingerprint density at radius 3 is 2.44 bits per heavy atom. The van der Waals surface area contributed by atoms with Crippen LogP contribution in [0.5, 0.6) is 0 Å². The van der Waals surface area contributed by atoms with E-state index in [4.69, 9.17) is 0 Å². The highest BCUT2D eigenvalue weighted by Gasteiger charge is 2.07. The van der Waals surface area contributed by atoms with Gasteiger partial charge in [-0.1, -0.05) is 38.1 Å². The number of anilines is 1. The molecule has 0 atom stereocenters. The zero-order valence-electron chi connectivity index (χ0n) is 14.3. The Balaban J connectivity index is 1.74. The van der Waals surface area contributed by atoms with Crippen molar-refractivity contribution in [3.05, 3.63) is 65.5 Å².